The van der Waals surface area contributed by atoms with Crippen molar-refractivity contribution < 1.29 is 24.1 Å². The highest BCUT2D eigenvalue weighted by Gasteiger charge is 2.54. The van der Waals surface area contributed by atoms with E-state index in [1.165, 1.54) is 0 Å². The van der Waals surface area contributed by atoms with Crippen LogP contribution in [0.3, 0.4) is 0 Å². The van der Waals surface area contributed by atoms with Crippen molar-refractivity contribution in [2.75, 3.05) is 6.61 Å². The minimum atomic E-state index is -0.935. The molecule has 5 heteroatoms. The van der Waals surface area contributed by atoms with Crippen molar-refractivity contribution in [2.24, 2.45) is 0 Å². The second kappa shape index (κ2) is 4.17. The van der Waals surface area contributed by atoms with Gasteiger partial charge in [-0.15, -0.1) is 0 Å². The summed E-state index contributed by atoms with van der Waals surface area (Å²) in [7, 11) is 0. The van der Waals surface area contributed by atoms with Gasteiger partial charge in [-0.2, -0.15) is 0 Å². The van der Waals surface area contributed by atoms with Gasteiger partial charge in [0.2, 0.25) is 0 Å². The van der Waals surface area contributed by atoms with E-state index < -0.39 is 18.2 Å². The van der Waals surface area contributed by atoms with E-state index in [0.717, 1.165) is 0 Å². The third-order valence-electron chi connectivity index (χ3n) is 2.81. The maximum Gasteiger partial charge on any atom is 0.184 e. The molecule has 100 valence electrons. The van der Waals surface area contributed by atoms with Gasteiger partial charge in [0.15, 0.2) is 12.1 Å². The lowest BCUT2D eigenvalue weighted by atomic mass is 10.1. The van der Waals surface area contributed by atoms with Crippen molar-refractivity contribution in [1.29, 1.82) is 0 Å². The van der Waals surface area contributed by atoms with Gasteiger partial charge in [0.25, 0.3) is 0 Å². The molecular formula is C12H22O5. The Morgan fingerprint density at radius 1 is 1.18 bits per heavy atom. The Bertz CT molecular complexity index is 283. The summed E-state index contributed by atoms with van der Waals surface area (Å²) in [6.07, 6.45) is -1.90. The number of ether oxygens (including phenoxy) is 4. The van der Waals surface area contributed by atoms with E-state index in [0.29, 0.717) is 6.61 Å². The molecule has 2 aliphatic heterocycles. The van der Waals surface area contributed by atoms with Crippen molar-refractivity contribution in [3.8, 4) is 0 Å². The molecule has 0 radical (unpaired) electrons. The van der Waals surface area contributed by atoms with Gasteiger partial charge in [-0.05, 0) is 34.6 Å². The molecule has 17 heavy (non-hydrogen) atoms. The molecule has 2 rings (SSSR count). The molecule has 0 spiro atoms. The molecule has 4 atom stereocenters. The SMILES string of the molecule is CC(C)(C)OC[C@@H]1O[C@@H](O)[C@H]2OC(C)(C)O[C@H]21. The molecule has 0 aromatic carbocycles. The smallest absolute Gasteiger partial charge is 0.184 e. The Morgan fingerprint density at radius 3 is 2.35 bits per heavy atom. The van der Waals surface area contributed by atoms with Crippen LogP contribution in [0.5, 0.6) is 0 Å². The first-order chi connectivity index (χ1) is 7.68. The maximum atomic E-state index is 9.75. The lowest BCUT2D eigenvalue weighted by molar-refractivity contribution is -0.228. The highest BCUT2D eigenvalue weighted by atomic mass is 16.8. The van der Waals surface area contributed by atoms with Crippen molar-refractivity contribution in [2.45, 2.75) is 70.6 Å². The van der Waals surface area contributed by atoms with Gasteiger partial charge in [0.1, 0.15) is 18.3 Å². The molecule has 0 aromatic heterocycles. The molecular weight excluding hydrogens is 224 g/mol. The van der Waals surface area contributed by atoms with E-state index in [9.17, 15) is 5.11 Å². The standard InChI is InChI=1S/C12H22O5/c1-11(2,3)14-6-7-8-9(10(13)15-7)17-12(4,5)16-8/h7-10,13H,6H2,1-5H3/t7-,8-,9-,10+/m0/s1. The molecule has 2 heterocycles. The van der Waals surface area contributed by atoms with Gasteiger partial charge in [-0.25, -0.2) is 0 Å². The van der Waals surface area contributed by atoms with Gasteiger partial charge in [-0.1, -0.05) is 0 Å². The van der Waals surface area contributed by atoms with Crippen LogP contribution in [0.25, 0.3) is 0 Å². The fourth-order valence-electron chi connectivity index (χ4n) is 2.13. The average molecular weight is 246 g/mol. The first kappa shape index (κ1) is 13.2. The van der Waals surface area contributed by atoms with Gasteiger partial charge in [0, 0.05) is 0 Å². The van der Waals surface area contributed by atoms with E-state index in [4.69, 9.17) is 18.9 Å². The van der Waals surface area contributed by atoms with Crippen molar-refractivity contribution in [3.05, 3.63) is 0 Å². The summed E-state index contributed by atoms with van der Waals surface area (Å²) < 4.78 is 22.4. The zero-order chi connectivity index (χ0) is 12.8. The molecule has 0 bridgehead atoms. The molecule has 0 amide bonds. The van der Waals surface area contributed by atoms with Crippen molar-refractivity contribution >= 4 is 0 Å². The number of hydrogen-bond acceptors (Lipinski definition) is 5. The van der Waals surface area contributed by atoms with E-state index in [1.54, 1.807) is 0 Å². The molecule has 0 saturated carbocycles. The van der Waals surface area contributed by atoms with E-state index in [2.05, 4.69) is 0 Å². The summed E-state index contributed by atoms with van der Waals surface area (Å²) in [6, 6.07) is 0. The largest absolute Gasteiger partial charge is 0.373 e. The predicted molar refractivity (Wildman–Crippen MR) is 60.4 cm³/mol. The second-order valence-corrected chi connectivity index (χ2v) is 6.05. The van der Waals surface area contributed by atoms with Crippen LogP contribution in [-0.2, 0) is 18.9 Å². The Morgan fingerprint density at radius 2 is 1.76 bits per heavy atom. The number of aliphatic hydroxyl groups excluding tert-OH is 1. The van der Waals surface area contributed by atoms with Crippen LogP contribution in [0.15, 0.2) is 0 Å². The van der Waals surface area contributed by atoms with Gasteiger partial charge in [0.05, 0.1) is 12.2 Å². The summed E-state index contributed by atoms with van der Waals surface area (Å²) in [5, 5.41) is 9.75. The van der Waals surface area contributed by atoms with Gasteiger partial charge in [-0.3, -0.25) is 0 Å². The molecule has 1 N–H and O–H groups in total. The summed E-state index contributed by atoms with van der Waals surface area (Å²) in [5.41, 5.74) is -0.235. The zero-order valence-corrected chi connectivity index (χ0v) is 11.1. The van der Waals surface area contributed by atoms with Crippen LogP contribution in [0, 0.1) is 0 Å². The molecule has 0 aliphatic carbocycles. The Kier molecular flexibility index (Phi) is 3.25. The van der Waals surface area contributed by atoms with Crippen LogP contribution >= 0.6 is 0 Å². The van der Waals surface area contributed by atoms with Gasteiger partial charge < -0.3 is 24.1 Å². The topological polar surface area (TPSA) is 57.2 Å². The Hall–Kier alpha value is -0.200. The molecule has 0 aromatic rings. The quantitative estimate of drug-likeness (QED) is 0.789. The number of aliphatic hydroxyl groups is 1. The fourth-order valence-corrected chi connectivity index (χ4v) is 2.13. The van der Waals surface area contributed by atoms with E-state index in [-0.39, 0.29) is 17.8 Å². The van der Waals surface area contributed by atoms with Crippen LogP contribution in [0.1, 0.15) is 34.6 Å². The average Bonchev–Trinajstić information content (AvgIpc) is 2.58. The monoisotopic (exact) mass is 246 g/mol. The zero-order valence-electron chi connectivity index (χ0n) is 11.1. The highest BCUT2D eigenvalue weighted by molar-refractivity contribution is 4.94. The molecule has 2 saturated heterocycles. The second-order valence-electron chi connectivity index (χ2n) is 6.05. The lowest BCUT2D eigenvalue weighted by Gasteiger charge is -2.25. The summed E-state index contributed by atoms with van der Waals surface area (Å²) >= 11 is 0. The third kappa shape index (κ3) is 2.98. The molecule has 2 aliphatic rings. The first-order valence-corrected chi connectivity index (χ1v) is 6.01. The Balaban J connectivity index is 1.97. The van der Waals surface area contributed by atoms with Crippen LogP contribution < -0.4 is 0 Å². The van der Waals surface area contributed by atoms with Crippen LogP contribution in [0.4, 0.5) is 0 Å². The molecule has 5 nitrogen and oxygen atoms in total. The fraction of sp³-hybridized carbons (Fsp3) is 1.00. The lowest BCUT2D eigenvalue weighted by Crippen LogP contribution is -2.35. The van der Waals surface area contributed by atoms with Crippen molar-refractivity contribution in [1.82, 2.24) is 0 Å². The minimum absolute atomic E-state index is 0.235. The maximum absolute atomic E-state index is 9.75. The normalized spacial score (nSPS) is 40.6. The summed E-state index contributed by atoms with van der Waals surface area (Å²) in [5.74, 6) is -0.667. The number of hydrogen-bond donors (Lipinski definition) is 1. The first-order valence-electron chi connectivity index (χ1n) is 6.01. The van der Waals surface area contributed by atoms with Crippen molar-refractivity contribution in [3.63, 3.8) is 0 Å². The predicted octanol–water partition coefficient (Wildman–Crippen LogP) is 1.04. The molecule has 2 fully saturated rings. The summed E-state index contributed by atoms with van der Waals surface area (Å²) in [4.78, 5) is 0. The van der Waals surface area contributed by atoms with Gasteiger partial charge >= 0.3 is 0 Å². The number of fused-ring (bicyclic) bond motifs is 1. The van der Waals surface area contributed by atoms with Crippen LogP contribution in [0.2, 0.25) is 0 Å². The highest BCUT2D eigenvalue weighted by Crippen LogP contribution is 2.38. The number of rotatable bonds is 2. The Labute approximate surface area is 102 Å². The molecule has 0 unspecified atom stereocenters. The van der Waals surface area contributed by atoms with E-state index >= 15 is 0 Å². The summed E-state index contributed by atoms with van der Waals surface area (Å²) in [6.45, 7) is 9.99. The minimum Gasteiger partial charge on any atom is -0.373 e. The van der Waals surface area contributed by atoms with E-state index in [1.807, 2.05) is 34.6 Å². The van der Waals surface area contributed by atoms with Crippen LogP contribution in [-0.4, -0.2) is 47.7 Å². The third-order valence-corrected chi connectivity index (χ3v) is 2.81.